The molecular formula is C30H46O6. The maximum absolute atomic E-state index is 5.75. The topological polar surface area (TPSA) is 55.4 Å². The summed E-state index contributed by atoms with van der Waals surface area (Å²) in [4.78, 5) is 0. The summed E-state index contributed by atoms with van der Waals surface area (Å²) in [6.45, 7) is 7.68. The Kier molecular flexibility index (Phi) is 18.5. The lowest BCUT2D eigenvalue weighted by Gasteiger charge is -2.09. The first-order valence-corrected chi connectivity index (χ1v) is 13.6. The van der Waals surface area contributed by atoms with Gasteiger partial charge in [0.2, 0.25) is 0 Å². The van der Waals surface area contributed by atoms with Gasteiger partial charge < -0.3 is 28.4 Å². The molecule has 0 aliphatic heterocycles. The third kappa shape index (κ3) is 16.5. The maximum Gasteiger partial charge on any atom is 0.119 e. The van der Waals surface area contributed by atoms with Crippen LogP contribution in [0.15, 0.2) is 54.6 Å². The molecule has 0 aromatic heterocycles. The van der Waals surface area contributed by atoms with Crippen molar-refractivity contribution < 1.29 is 28.4 Å². The fourth-order valence-corrected chi connectivity index (χ4v) is 3.58. The van der Waals surface area contributed by atoms with Crippen molar-refractivity contribution in [1.82, 2.24) is 0 Å². The second-order valence-corrected chi connectivity index (χ2v) is 8.62. The lowest BCUT2D eigenvalue weighted by molar-refractivity contribution is -0.00699. The largest absolute Gasteiger partial charge is 0.491 e. The van der Waals surface area contributed by atoms with Crippen LogP contribution in [-0.4, -0.2) is 66.1 Å². The average Bonchev–Trinajstić information content (AvgIpc) is 2.91. The van der Waals surface area contributed by atoms with Crippen molar-refractivity contribution in [2.75, 3.05) is 66.1 Å². The van der Waals surface area contributed by atoms with E-state index in [1.165, 1.54) is 44.1 Å². The van der Waals surface area contributed by atoms with Gasteiger partial charge in [0.05, 0.1) is 52.9 Å². The van der Waals surface area contributed by atoms with Crippen LogP contribution in [0.5, 0.6) is 11.5 Å². The van der Waals surface area contributed by atoms with Crippen LogP contribution in [-0.2, 0) is 25.4 Å². The molecule has 2 aromatic rings. The number of benzene rings is 2. The summed E-state index contributed by atoms with van der Waals surface area (Å²) in [7, 11) is 0. The van der Waals surface area contributed by atoms with Gasteiger partial charge in [-0.15, -0.1) is 0 Å². The molecule has 0 saturated carbocycles. The van der Waals surface area contributed by atoms with Crippen molar-refractivity contribution in [3.05, 3.63) is 60.2 Å². The Bertz CT molecular complexity index is 722. The minimum Gasteiger partial charge on any atom is -0.491 e. The quantitative estimate of drug-likeness (QED) is 0.161. The number of para-hydroxylation sites is 1. The molecule has 6 nitrogen and oxygen atoms in total. The molecule has 0 spiro atoms. The van der Waals surface area contributed by atoms with Crippen molar-refractivity contribution in [3.8, 4) is 11.5 Å². The van der Waals surface area contributed by atoms with Gasteiger partial charge in [0.25, 0.3) is 0 Å². The van der Waals surface area contributed by atoms with E-state index in [0.29, 0.717) is 66.1 Å². The minimum absolute atomic E-state index is 0.532. The van der Waals surface area contributed by atoms with Crippen LogP contribution >= 0.6 is 0 Å². The highest BCUT2D eigenvalue weighted by Crippen LogP contribution is 2.15. The normalized spacial score (nSPS) is 11.0. The Balaban J connectivity index is 1.29. The number of hydrogen-bond acceptors (Lipinski definition) is 6. The number of hydrogen-bond donors (Lipinski definition) is 0. The van der Waals surface area contributed by atoms with Crippen LogP contribution in [0.25, 0.3) is 0 Å². The van der Waals surface area contributed by atoms with E-state index < -0.39 is 0 Å². The summed E-state index contributed by atoms with van der Waals surface area (Å²) in [6.07, 6.45) is 9.14. The summed E-state index contributed by atoms with van der Waals surface area (Å²) < 4.78 is 33.4. The van der Waals surface area contributed by atoms with E-state index in [1.54, 1.807) is 0 Å². The smallest absolute Gasteiger partial charge is 0.119 e. The lowest BCUT2D eigenvalue weighted by atomic mass is 10.0. The summed E-state index contributed by atoms with van der Waals surface area (Å²) in [6, 6.07) is 18.2. The predicted octanol–water partition coefficient (Wildman–Crippen LogP) is 6.11. The zero-order chi connectivity index (χ0) is 25.4. The molecular weight excluding hydrogens is 456 g/mol. The van der Waals surface area contributed by atoms with Crippen LogP contribution in [0, 0.1) is 0 Å². The molecule has 0 N–H and O–H groups in total. The second kappa shape index (κ2) is 22.1. The van der Waals surface area contributed by atoms with Crippen LogP contribution in [0.3, 0.4) is 0 Å². The minimum atomic E-state index is 0.532. The Labute approximate surface area is 218 Å². The van der Waals surface area contributed by atoms with Gasteiger partial charge in [-0.1, -0.05) is 69.4 Å². The van der Waals surface area contributed by atoms with Crippen LogP contribution in [0.4, 0.5) is 0 Å². The monoisotopic (exact) mass is 502 g/mol. The van der Waals surface area contributed by atoms with Gasteiger partial charge in [0, 0.05) is 0 Å². The molecule has 0 aliphatic carbocycles. The van der Waals surface area contributed by atoms with Crippen molar-refractivity contribution in [2.45, 2.75) is 51.9 Å². The van der Waals surface area contributed by atoms with E-state index in [1.807, 2.05) is 30.3 Å². The molecule has 0 amide bonds. The Hall–Kier alpha value is -2.12. The molecule has 0 unspecified atom stereocenters. The Morgan fingerprint density at radius 2 is 0.889 bits per heavy atom. The maximum atomic E-state index is 5.75. The zero-order valence-corrected chi connectivity index (χ0v) is 22.2. The highest BCUT2D eigenvalue weighted by atomic mass is 16.6. The van der Waals surface area contributed by atoms with Gasteiger partial charge in [0.15, 0.2) is 0 Å². The first kappa shape index (κ1) is 30.1. The molecule has 202 valence electrons. The molecule has 2 rings (SSSR count). The fourth-order valence-electron chi connectivity index (χ4n) is 3.58. The summed E-state index contributed by atoms with van der Waals surface area (Å²) in [5.41, 5.74) is 1.39. The third-order valence-corrected chi connectivity index (χ3v) is 5.59. The number of aryl methyl sites for hydroxylation is 1. The average molecular weight is 503 g/mol. The highest BCUT2D eigenvalue weighted by Gasteiger charge is 1.98. The van der Waals surface area contributed by atoms with Gasteiger partial charge >= 0.3 is 0 Å². The van der Waals surface area contributed by atoms with E-state index in [-0.39, 0.29) is 0 Å². The molecule has 0 atom stereocenters. The van der Waals surface area contributed by atoms with E-state index >= 15 is 0 Å². The van der Waals surface area contributed by atoms with E-state index in [2.05, 4.69) is 31.2 Å². The Morgan fingerprint density at radius 1 is 0.444 bits per heavy atom. The molecule has 0 aliphatic rings. The van der Waals surface area contributed by atoms with Crippen LogP contribution in [0.1, 0.15) is 51.0 Å². The van der Waals surface area contributed by atoms with E-state index in [4.69, 9.17) is 28.4 Å². The van der Waals surface area contributed by atoms with E-state index in [0.717, 1.165) is 17.9 Å². The summed E-state index contributed by atoms with van der Waals surface area (Å²) >= 11 is 0. The van der Waals surface area contributed by atoms with E-state index in [9.17, 15) is 0 Å². The van der Waals surface area contributed by atoms with Gasteiger partial charge in [-0.2, -0.15) is 0 Å². The summed E-state index contributed by atoms with van der Waals surface area (Å²) in [5, 5.41) is 0. The van der Waals surface area contributed by atoms with Crippen molar-refractivity contribution in [3.63, 3.8) is 0 Å². The van der Waals surface area contributed by atoms with Gasteiger partial charge in [-0.25, -0.2) is 0 Å². The number of rotatable bonds is 24. The lowest BCUT2D eigenvalue weighted by Crippen LogP contribution is -2.14. The van der Waals surface area contributed by atoms with Gasteiger partial charge in [-0.3, -0.25) is 0 Å². The summed E-state index contributed by atoms with van der Waals surface area (Å²) in [5.74, 6) is 1.75. The first-order valence-electron chi connectivity index (χ1n) is 13.6. The molecule has 0 heterocycles. The molecule has 6 heteroatoms. The van der Waals surface area contributed by atoms with Gasteiger partial charge in [0.1, 0.15) is 24.7 Å². The number of ether oxygens (including phenoxy) is 6. The third-order valence-electron chi connectivity index (χ3n) is 5.59. The standard InChI is InChI=1S/C30H46O6/c1-2-3-4-5-6-8-11-28-14-16-30(17-15-28)36-27-25-34-23-21-32-19-18-31-20-22-33-24-26-35-29-12-9-7-10-13-29/h7,9-10,12-17H,2-6,8,11,18-27H2,1H3. The molecule has 0 radical (unpaired) electrons. The molecule has 0 fully saturated rings. The molecule has 0 bridgehead atoms. The van der Waals surface area contributed by atoms with Gasteiger partial charge in [-0.05, 0) is 42.7 Å². The molecule has 0 saturated heterocycles. The van der Waals surface area contributed by atoms with Crippen molar-refractivity contribution in [2.24, 2.45) is 0 Å². The van der Waals surface area contributed by atoms with Crippen molar-refractivity contribution in [1.29, 1.82) is 0 Å². The SMILES string of the molecule is CCCCCCCCc1ccc(OCCOCCOCCOCCOCCOc2ccccc2)cc1. The van der Waals surface area contributed by atoms with Crippen LogP contribution < -0.4 is 9.47 Å². The van der Waals surface area contributed by atoms with Crippen LogP contribution in [0.2, 0.25) is 0 Å². The predicted molar refractivity (Wildman–Crippen MR) is 144 cm³/mol. The second-order valence-electron chi connectivity index (χ2n) is 8.62. The molecule has 36 heavy (non-hydrogen) atoms. The Morgan fingerprint density at radius 3 is 1.42 bits per heavy atom. The first-order chi connectivity index (χ1) is 17.9. The molecule has 2 aromatic carbocycles. The highest BCUT2D eigenvalue weighted by molar-refractivity contribution is 5.27. The fraction of sp³-hybridized carbons (Fsp3) is 0.600. The zero-order valence-electron chi connectivity index (χ0n) is 22.2. The number of unbranched alkanes of at least 4 members (excludes halogenated alkanes) is 5. The van der Waals surface area contributed by atoms with Crippen molar-refractivity contribution >= 4 is 0 Å².